The van der Waals surface area contributed by atoms with E-state index in [1.54, 1.807) is 0 Å². The summed E-state index contributed by atoms with van der Waals surface area (Å²) in [5, 5.41) is 0.730. The molecule has 1 aromatic rings. The molecule has 0 spiro atoms. The molecule has 0 unspecified atom stereocenters. The first-order valence-electron chi connectivity index (χ1n) is 4.06. The van der Waals surface area contributed by atoms with E-state index in [0.29, 0.717) is 6.61 Å². The average molecular weight is 310 g/mol. The molecule has 2 N–H and O–H groups in total. The fraction of sp³-hybridized carbons (Fsp3) is 0.333. The van der Waals surface area contributed by atoms with Gasteiger partial charge in [-0.2, -0.15) is 0 Å². The predicted molar refractivity (Wildman–Crippen MR) is 61.2 cm³/mol. The van der Waals surface area contributed by atoms with Gasteiger partial charge in [-0.15, -0.1) is 0 Å². The van der Waals surface area contributed by atoms with Crippen LogP contribution in [-0.2, 0) is 0 Å². The molecule has 2 rings (SSSR count). The first-order chi connectivity index (χ1) is 6.20. The summed E-state index contributed by atoms with van der Waals surface area (Å²) in [4.78, 5) is 0. The third kappa shape index (κ3) is 1.65. The van der Waals surface area contributed by atoms with E-state index < -0.39 is 0 Å². The van der Waals surface area contributed by atoms with Crippen LogP contribution in [0.25, 0.3) is 0 Å². The summed E-state index contributed by atoms with van der Waals surface area (Å²) in [5.74, 6) is 0.867. The van der Waals surface area contributed by atoms with Gasteiger partial charge in [-0.25, -0.2) is 0 Å². The van der Waals surface area contributed by atoms with Gasteiger partial charge in [0, 0.05) is 18.0 Å². The zero-order valence-electron chi connectivity index (χ0n) is 6.89. The number of hydrogen-bond donors (Lipinski definition) is 1. The SMILES string of the molecule is N[C@@H]1CCOc2c1ccc(Cl)c2I. The molecule has 0 amide bonds. The molecule has 0 saturated carbocycles. The van der Waals surface area contributed by atoms with Crippen molar-refractivity contribution in [3.05, 3.63) is 26.3 Å². The molecule has 1 aliphatic rings. The summed E-state index contributed by atoms with van der Waals surface area (Å²) in [5.41, 5.74) is 7.01. The summed E-state index contributed by atoms with van der Waals surface area (Å²) in [6.07, 6.45) is 0.880. The monoisotopic (exact) mass is 309 g/mol. The first kappa shape index (κ1) is 9.55. The van der Waals surface area contributed by atoms with Crippen molar-refractivity contribution in [1.29, 1.82) is 0 Å². The molecule has 0 fully saturated rings. The Kier molecular flexibility index (Phi) is 2.67. The van der Waals surface area contributed by atoms with Crippen molar-refractivity contribution in [3.8, 4) is 5.75 Å². The summed E-state index contributed by atoms with van der Waals surface area (Å²) in [6, 6.07) is 3.91. The molecule has 0 bridgehead atoms. The zero-order chi connectivity index (χ0) is 9.42. The fourth-order valence-corrected chi connectivity index (χ4v) is 2.22. The minimum atomic E-state index is 0.0922. The van der Waals surface area contributed by atoms with Crippen molar-refractivity contribution in [2.45, 2.75) is 12.5 Å². The van der Waals surface area contributed by atoms with Crippen molar-refractivity contribution < 1.29 is 4.74 Å². The number of rotatable bonds is 0. The Morgan fingerprint density at radius 2 is 2.31 bits per heavy atom. The summed E-state index contributed by atoms with van der Waals surface area (Å²) < 4.78 is 6.50. The van der Waals surface area contributed by atoms with Crippen LogP contribution in [-0.4, -0.2) is 6.61 Å². The lowest BCUT2D eigenvalue weighted by atomic mass is 10.0. The third-order valence-corrected chi connectivity index (χ3v) is 3.86. The normalized spacial score (nSPS) is 20.7. The van der Waals surface area contributed by atoms with E-state index in [-0.39, 0.29) is 6.04 Å². The molecule has 13 heavy (non-hydrogen) atoms. The molecule has 4 heteroatoms. The maximum Gasteiger partial charge on any atom is 0.138 e. The van der Waals surface area contributed by atoms with Crippen LogP contribution in [0, 0.1) is 3.57 Å². The van der Waals surface area contributed by atoms with E-state index in [1.807, 2.05) is 12.1 Å². The summed E-state index contributed by atoms with van der Waals surface area (Å²) in [6.45, 7) is 0.685. The average Bonchev–Trinajstić information content (AvgIpc) is 2.12. The van der Waals surface area contributed by atoms with Gasteiger partial charge in [-0.05, 0) is 28.7 Å². The number of fused-ring (bicyclic) bond motifs is 1. The molecule has 1 aromatic carbocycles. The first-order valence-corrected chi connectivity index (χ1v) is 5.52. The molecule has 1 heterocycles. The Balaban J connectivity index is 2.56. The zero-order valence-corrected chi connectivity index (χ0v) is 9.80. The molecular formula is C9H9ClINO. The number of hydrogen-bond acceptors (Lipinski definition) is 2. The molecular weight excluding hydrogens is 300 g/mol. The van der Waals surface area contributed by atoms with Gasteiger partial charge < -0.3 is 10.5 Å². The van der Waals surface area contributed by atoms with E-state index in [9.17, 15) is 0 Å². The molecule has 70 valence electrons. The van der Waals surface area contributed by atoms with Crippen LogP contribution in [0.4, 0.5) is 0 Å². The van der Waals surface area contributed by atoms with E-state index in [0.717, 1.165) is 26.3 Å². The van der Waals surface area contributed by atoms with Gasteiger partial charge in [-0.1, -0.05) is 17.7 Å². The molecule has 0 aliphatic carbocycles. The number of ether oxygens (including phenoxy) is 1. The van der Waals surface area contributed by atoms with Crippen molar-refractivity contribution in [3.63, 3.8) is 0 Å². The van der Waals surface area contributed by atoms with Crippen LogP contribution in [0.1, 0.15) is 18.0 Å². The van der Waals surface area contributed by atoms with Gasteiger partial charge in [0.1, 0.15) is 5.75 Å². The standard InChI is InChI=1S/C9H9ClINO/c10-6-2-1-5-7(12)3-4-13-9(5)8(6)11/h1-2,7H,3-4,12H2/t7-/m1/s1. The van der Waals surface area contributed by atoms with Crippen molar-refractivity contribution >= 4 is 34.2 Å². The van der Waals surface area contributed by atoms with Gasteiger partial charge >= 0.3 is 0 Å². The molecule has 1 atom stereocenters. The highest BCUT2D eigenvalue weighted by Crippen LogP contribution is 2.37. The highest BCUT2D eigenvalue weighted by Gasteiger charge is 2.21. The Labute approximate surface area is 95.5 Å². The molecule has 0 radical (unpaired) electrons. The third-order valence-electron chi connectivity index (χ3n) is 2.16. The van der Waals surface area contributed by atoms with Crippen LogP contribution in [0.5, 0.6) is 5.75 Å². The van der Waals surface area contributed by atoms with E-state index in [4.69, 9.17) is 22.1 Å². The minimum Gasteiger partial charge on any atom is -0.492 e. The van der Waals surface area contributed by atoms with Crippen LogP contribution >= 0.6 is 34.2 Å². The second-order valence-electron chi connectivity index (χ2n) is 3.02. The topological polar surface area (TPSA) is 35.2 Å². The van der Waals surface area contributed by atoms with Crippen molar-refractivity contribution in [2.75, 3.05) is 6.61 Å². The van der Waals surface area contributed by atoms with Crippen LogP contribution in [0.2, 0.25) is 5.02 Å². The molecule has 0 saturated heterocycles. The fourth-order valence-electron chi connectivity index (χ4n) is 1.43. The van der Waals surface area contributed by atoms with Crippen molar-refractivity contribution in [2.24, 2.45) is 5.73 Å². The van der Waals surface area contributed by atoms with Gasteiger partial charge in [0.05, 0.1) is 15.2 Å². The minimum absolute atomic E-state index is 0.0922. The summed E-state index contributed by atoms with van der Waals surface area (Å²) in [7, 11) is 0. The lowest BCUT2D eigenvalue weighted by Crippen LogP contribution is -2.21. The lowest BCUT2D eigenvalue weighted by molar-refractivity contribution is 0.267. The largest absolute Gasteiger partial charge is 0.492 e. The highest BCUT2D eigenvalue weighted by atomic mass is 127. The quantitative estimate of drug-likeness (QED) is 0.748. The number of nitrogens with two attached hydrogens (primary N) is 1. The lowest BCUT2D eigenvalue weighted by Gasteiger charge is -2.24. The van der Waals surface area contributed by atoms with Gasteiger partial charge in [0.15, 0.2) is 0 Å². The predicted octanol–water partition coefficient (Wildman–Crippen LogP) is 2.73. The van der Waals surface area contributed by atoms with Crippen LogP contribution < -0.4 is 10.5 Å². The Morgan fingerprint density at radius 3 is 3.08 bits per heavy atom. The van der Waals surface area contributed by atoms with Crippen LogP contribution in [0.3, 0.4) is 0 Å². The van der Waals surface area contributed by atoms with E-state index in [1.165, 1.54) is 0 Å². The Bertz CT molecular complexity index is 343. The van der Waals surface area contributed by atoms with E-state index in [2.05, 4.69) is 22.6 Å². The van der Waals surface area contributed by atoms with Gasteiger partial charge in [0.2, 0.25) is 0 Å². The molecule has 0 aromatic heterocycles. The van der Waals surface area contributed by atoms with Gasteiger partial charge in [-0.3, -0.25) is 0 Å². The Morgan fingerprint density at radius 1 is 1.54 bits per heavy atom. The maximum atomic E-state index is 5.97. The Hall–Kier alpha value is -0.000000000000000111. The summed E-state index contributed by atoms with van der Waals surface area (Å²) >= 11 is 8.15. The molecule has 2 nitrogen and oxygen atoms in total. The second-order valence-corrected chi connectivity index (χ2v) is 4.51. The van der Waals surface area contributed by atoms with E-state index >= 15 is 0 Å². The number of benzene rings is 1. The van der Waals surface area contributed by atoms with Crippen molar-refractivity contribution in [1.82, 2.24) is 0 Å². The van der Waals surface area contributed by atoms with Crippen LogP contribution in [0.15, 0.2) is 12.1 Å². The van der Waals surface area contributed by atoms with Gasteiger partial charge in [0.25, 0.3) is 0 Å². The molecule has 1 aliphatic heterocycles. The second kappa shape index (κ2) is 3.63. The smallest absolute Gasteiger partial charge is 0.138 e. The number of halogens is 2. The maximum absolute atomic E-state index is 5.97. The highest BCUT2D eigenvalue weighted by molar-refractivity contribution is 14.1.